The average Bonchev–Trinajstić information content (AvgIpc) is 3.64. The normalized spacial score (nSPS) is 15.0. The number of hydrogen-bond donors (Lipinski definition) is 2. The van der Waals surface area contributed by atoms with E-state index in [1.165, 1.54) is 0 Å². The van der Waals surface area contributed by atoms with E-state index in [1.807, 2.05) is 4.90 Å². The zero-order valence-corrected chi connectivity index (χ0v) is 46.9. The van der Waals surface area contributed by atoms with Gasteiger partial charge < -0.3 is 97.8 Å². The molecule has 0 spiro atoms. The summed E-state index contributed by atoms with van der Waals surface area (Å²) in [6.07, 6.45) is 3.62. The number of aliphatic hydroxyl groups excluding tert-OH is 2. The summed E-state index contributed by atoms with van der Waals surface area (Å²) >= 11 is 0. The van der Waals surface area contributed by atoms with Crippen LogP contribution in [0.3, 0.4) is 0 Å². The van der Waals surface area contributed by atoms with E-state index in [1.54, 1.807) is 16.7 Å². The number of rotatable bonds is 36. The van der Waals surface area contributed by atoms with Crippen molar-refractivity contribution in [3.63, 3.8) is 0 Å². The standard InChI is InChI=1S/C23H42N2O10.C9H15NO3.C7H14O5.C2H5O.8CH4.3Na.H2O/c26-20(15-30-9-7-24-5-1-3-22(24)28)17-32-11-13-34-19-35-14-12-33-18-21(27)16-31-10-8-25-6-2-4-23(25)29;11-9-2-1-3-10(9)4-5-12-6-8-7-13-8;8-1-3-10-5-6-12-7-11-4-2-9;1-2-3;;;;;;;;;;;;/h20-21,26-27H,1-19H2;8H,1-7H2;1-7H2;2H2,1H3;8*1H4;;;;1H2/q;;-2;-1;;;;;;;;;3*+1;/p-1. The van der Waals surface area contributed by atoms with Gasteiger partial charge in [0.2, 0.25) is 17.7 Å². The van der Waals surface area contributed by atoms with Crippen LogP contribution in [0.1, 0.15) is 105 Å². The van der Waals surface area contributed by atoms with Gasteiger partial charge in [0.1, 0.15) is 31.9 Å². The number of aliphatic hydroxyl groups is 2. The van der Waals surface area contributed by atoms with Crippen molar-refractivity contribution < 1.29 is 186 Å². The Morgan fingerprint density at radius 2 is 0.747 bits per heavy atom. The van der Waals surface area contributed by atoms with Crippen LogP contribution in [-0.2, 0) is 66.5 Å². The first-order valence-corrected chi connectivity index (χ1v) is 22.1. The monoisotopic (exact) mass is 1130 g/mol. The Bertz CT molecular complexity index is 1050. The van der Waals surface area contributed by atoms with Gasteiger partial charge in [-0.3, -0.25) is 14.4 Å². The largest absolute Gasteiger partial charge is 1.00 e. The second kappa shape index (κ2) is 76.8. The number of ether oxygens (including phenoxy) is 11. The fourth-order valence-electron chi connectivity index (χ4n) is 5.63. The van der Waals surface area contributed by atoms with Gasteiger partial charge in [-0.25, -0.2) is 0 Å². The summed E-state index contributed by atoms with van der Waals surface area (Å²) in [5.74, 6) is 0.599. The van der Waals surface area contributed by atoms with Crippen molar-refractivity contribution in [2.75, 3.05) is 185 Å². The van der Waals surface area contributed by atoms with E-state index >= 15 is 0 Å². The number of likely N-dealkylation sites (tertiary alicyclic amines) is 3. The molecular weight excluding hydrogens is 1020 g/mol. The van der Waals surface area contributed by atoms with Gasteiger partial charge >= 0.3 is 88.7 Å². The molecule has 4 fully saturated rings. The minimum absolute atomic E-state index is 0. The first-order chi connectivity index (χ1) is 30.7. The van der Waals surface area contributed by atoms with E-state index in [4.69, 9.17) is 57.2 Å². The molecule has 0 aromatic rings. The smallest absolute Gasteiger partial charge is 0.870 e. The van der Waals surface area contributed by atoms with Crippen molar-refractivity contribution in [3.05, 3.63) is 0 Å². The van der Waals surface area contributed by atoms with Crippen molar-refractivity contribution in [2.45, 2.75) is 123 Å². The van der Waals surface area contributed by atoms with Gasteiger partial charge in [0.15, 0.2) is 0 Å². The minimum atomic E-state index is -0.729. The number of nitrogens with zero attached hydrogens (tertiary/aromatic N) is 3. The van der Waals surface area contributed by atoms with E-state index in [2.05, 4.69) is 0 Å². The molecule has 23 nitrogen and oxygen atoms in total. The van der Waals surface area contributed by atoms with E-state index in [-0.39, 0.29) is 244 Å². The molecule has 0 aromatic heterocycles. The molecular formula is C49H109N3Na3O20-. The van der Waals surface area contributed by atoms with Gasteiger partial charge in [0, 0.05) is 71.7 Å². The molecule has 4 aliphatic rings. The third-order valence-corrected chi connectivity index (χ3v) is 8.88. The third kappa shape index (κ3) is 65.4. The zero-order valence-electron chi connectivity index (χ0n) is 40.9. The van der Waals surface area contributed by atoms with Crippen LogP contribution in [0.5, 0.6) is 0 Å². The van der Waals surface area contributed by atoms with Gasteiger partial charge in [-0.1, -0.05) is 66.3 Å². The quantitative estimate of drug-likeness (QED) is 0.0255. The summed E-state index contributed by atoms with van der Waals surface area (Å²) < 4.78 is 56.8. The van der Waals surface area contributed by atoms with Gasteiger partial charge in [-0.05, 0) is 19.3 Å². The fourth-order valence-corrected chi connectivity index (χ4v) is 5.63. The summed E-state index contributed by atoms with van der Waals surface area (Å²) in [6.45, 7) is 11.6. The Hall–Kier alpha value is 0.730. The van der Waals surface area contributed by atoms with Crippen LogP contribution in [0, 0.1) is 0 Å². The maximum atomic E-state index is 11.5. The molecule has 3 atom stereocenters. The second-order valence-electron chi connectivity index (χ2n) is 14.3. The van der Waals surface area contributed by atoms with Gasteiger partial charge in [0.25, 0.3) is 0 Å². The van der Waals surface area contributed by atoms with Gasteiger partial charge in [-0.15, -0.1) is 19.8 Å². The van der Waals surface area contributed by atoms with E-state index in [0.717, 1.165) is 52.0 Å². The van der Waals surface area contributed by atoms with Crippen LogP contribution in [0.15, 0.2) is 0 Å². The van der Waals surface area contributed by atoms with Crippen molar-refractivity contribution in [1.29, 1.82) is 0 Å². The predicted octanol–water partition coefficient (Wildman–Crippen LogP) is -7.96. The number of epoxide rings is 1. The van der Waals surface area contributed by atoms with Crippen LogP contribution >= 0.6 is 0 Å². The van der Waals surface area contributed by atoms with Crippen LogP contribution < -0.4 is 104 Å². The Labute approximate surface area is 522 Å². The summed E-state index contributed by atoms with van der Waals surface area (Å²) in [7, 11) is 0. The van der Waals surface area contributed by atoms with Crippen molar-refractivity contribution in [1.82, 2.24) is 14.7 Å². The molecule has 0 bridgehead atoms. The molecule has 0 aromatic carbocycles. The summed E-state index contributed by atoms with van der Waals surface area (Å²) in [4.78, 5) is 39.5. The van der Waals surface area contributed by atoms with E-state index < -0.39 is 12.2 Å². The molecule has 4 saturated heterocycles. The summed E-state index contributed by atoms with van der Waals surface area (Å²) in [5, 5.41) is 48.3. The molecule has 26 heteroatoms. The topological polar surface area (TPSA) is 305 Å². The van der Waals surface area contributed by atoms with Crippen molar-refractivity contribution in [3.8, 4) is 0 Å². The molecule has 0 radical (unpaired) electrons. The van der Waals surface area contributed by atoms with E-state index in [9.17, 15) is 34.8 Å². The molecule has 4 rings (SSSR count). The molecule has 4 heterocycles. The molecule has 0 saturated carbocycles. The van der Waals surface area contributed by atoms with Crippen LogP contribution in [0.4, 0.5) is 0 Å². The number of carbonyl (C=O) groups is 3. The average molecular weight is 1130 g/mol. The summed E-state index contributed by atoms with van der Waals surface area (Å²) in [5.41, 5.74) is 0. The molecule has 3 N–H and O–H groups in total. The molecule has 3 unspecified atom stereocenters. The molecule has 75 heavy (non-hydrogen) atoms. The van der Waals surface area contributed by atoms with Crippen LogP contribution in [-0.4, -0.2) is 251 Å². The predicted molar refractivity (Wildman–Crippen MR) is 274 cm³/mol. The Morgan fingerprint density at radius 3 is 1.04 bits per heavy atom. The number of hydrogen-bond acceptors (Lipinski definition) is 20. The zero-order chi connectivity index (χ0) is 46.0. The van der Waals surface area contributed by atoms with Gasteiger partial charge in [0.05, 0.1) is 99.1 Å². The van der Waals surface area contributed by atoms with Gasteiger partial charge in [-0.2, -0.15) is 0 Å². The molecule has 3 amide bonds. The Kier molecular flexibility index (Phi) is 107. The first-order valence-electron chi connectivity index (χ1n) is 22.1. The third-order valence-electron chi connectivity index (χ3n) is 8.88. The Morgan fingerprint density at radius 1 is 0.480 bits per heavy atom. The number of amides is 3. The van der Waals surface area contributed by atoms with Crippen LogP contribution in [0.25, 0.3) is 0 Å². The molecule has 0 aliphatic carbocycles. The minimum Gasteiger partial charge on any atom is -0.870 e. The van der Waals surface area contributed by atoms with Crippen molar-refractivity contribution in [2.24, 2.45) is 0 Å². The fraction of sp³-hybridized carbons (Fsp3) is 0.939. The summed E-state index contributed by atoms with van der Waals surface area (Å²) in [6, 6.07) is 0. The van der Waals surface area contributed by atoms with Crippen molar-refractivity contribution >= 4 is 17.7 Å². The maximum Gasteiger partial charge on any atom is 1.00 e. The SMILES string of the molecule is C.C.C.C.C.C.C.C.CC[O-].O=C1CCCN1CCOCC(O)COCCOCOCCOCC(O)COCCN1CCCC1=O.O=C1CCCN1CCOCC1CO1.[Na+].[Na+].[Na+].[O-]CCOCCOCOCC[O-].[OH-]. The van der Waals surface area contributed by atoms with E-state index in [0.29, 0.717) is 105 Å². The number of carbonyl (C=O) groups excluding carboxylic acids is 3. The molecule has 4 aliphatic heterocycles. The Balaban J connectivity index is -0.0000000837. The maximum absolute atomic E-state index is 11.5. The molecule has 444 valence electrons. The van der Waals surface area contributed by atoms with Crippen LogP contribution in [0.2, 0.25) is 0 Å². The first kappa shape index (κ1) is 104. The second-order valence-corrected chi connectivity index (χ2v) is 14.3.